The molecule has 0 unspecified atom stereocenters. The van der Waals surface area contributed by atoms with Gasteiger partial charge >= 0.3 is 0 Å². The molecule has 1 heterocycles. The summed E-state index contributed by atoms with van der Waals surface area (Å²) in [4.78, 5) is 6.27. The molecular formula is C11H19N3S. The van der Waals surface area contributed by atoms with Gasteiger partial charge in [-0.25, -0.2) is 0 Å². The van der Waals surface area contributed by atoms with Crippen molar-refractivity contribution in [2.24, 2.45) is 0 Å². The summed E-state index contributed by atoms with van der Waals surface area (Å²) in [7, 11) is 4.11. The van der Waals surface area contributed by atoms with Crippen LogP contribution in [-0.2, 0) is 6.54 Å². The van der Waals surface area contributed by atoms with Gasteiger partial charge in [0.25, 0.3) is 0 Å². The zero-order chi connectivity index (χ0) is 11.1. The van der Waals surface area contributed by atoms with Gasteiger partial charge in [-0.2, -0.15) is 11.8 Å². The lowest BCUT2D eigenvalue weighted by Crippen LogP contribution is -2.19. The van der Waals surface area contributed by atoms with E-state index in [0.717, 1.165) is 18.8 Å². The fraction of sp³-hybridized carbons (Fsp3) is 0.545. The van der Waals surface area contributed by atoms with Gasteiger partial charge in [0.15, 0.2) is 0 Å². The molecule has 0 saturated carbocycles. The fourth-order valence-electron chi connectivity index (χ4n) is 1.39. The zero-order valence-electron chi connectivity index (χ0n) is 9.66. The van der Waals surface area contributed by atoms with E-state index in [9.17, 15) is 0 Å². The van der Waals surface area contributed by atoms with Gasteiger partial charge in [-0.05, 0) is 12.3 Å². The lowest BCUT2D eigenvalue weighted by atomic mass is 10.2. The molecule has 0 radical (unpaired) electrons. The summed E-state index contributed by atoms with van der Waals surface area (Å²) >= 11 is 1.86. The van der Waals surface area contributed by atoms with Gasteiger partial charge in [-0.15, -0.1) is 0 Å². The lowest BCUT2D eigenvalue weighted by Gasteiger charge is -2.17. The summed E-state index contributed by atoms with van der Waals surface area (Å²) in [6, 6.07) is 2.05. The Morgan fingerprint density at radius 2 is 2.27 bits per heavy atom. The highest BCUT2D eigenvalue weighted by Crippen LogP contribution is 2.15. The van der Waals surface area contributed by atoms with Gasteiger partial charge in [0, 0.05) is 56.6 Å². The molecule has 84 valence electrons. The molecule has 0 bridgehead atoms. The Bertz CT molecular complexity index is 289. The van der Waals surface area contributed by atoms with Crippen molar-refractivity contribution < 1.29 is 0 Å². The smallest absolute Gasteiger partial charge is 0.0437 e. The third-order valence-electron chi connectivity index (χ3n) is 2.16. The predicted octanol–water partition coefficient (Wildman–Crippen LogP) is 1.60. The van der Waals surface area contributed by atoms with E-state index >= 15 is 0 Å². The Balaban J connectivity index is 2.52. The third-order valence-corrected chi connectivity index (χ3v) is 2.77. The van der Waals surface area contributed by atoms with Crippen LogP contribution in [0, 0.1) is 0 Å². The molecule has 0 aliphatic carbocycles. The number of hydrogen-bond acceptors (Lipinski definition) is 4. The summed E-state index contributed by atoms with van der Waals surface area (Å²) < 4.78 is 0. The molecule has 0 aliphatic heterocycles. The van der Waals surface area contributed by atoms with Crippen LogP contribution in [0.25, 0.3) is 0 Å². The van der Waals surface area contributed by atoms with Crippen LogP contribution in [0.4, 0.5) is 5.69 Å². The molecule has 0 aromatic carbocycles. The van der Waals surface area contributed by atoms with E-state index in [1.807, 2.05) is 30.2 Å². The average molecular weight is 225 g/mol. The first kappa shape index (κ1) is 12.3. The molecule has 0 aliphatic rings. The number of thioether (sulfide) groups is 1. The minimum absolute atomic E-state index is 0.891. The van der Waals surface area contributed by atoms with Crippen molar-refractivity contribution in [3.8, 4) is 0 Å². The molecule has 0 spiro atoms. The van der Waals surface area contributed by atoms with Crippen molar-refractivity contribution >= 4 is 17.4 Å². The number of pyridine rings is 1. The van der Waals surface area contributed by atoms with E-state index in [1.54, 1.807) is 0 Å². The normalized spacial score (nSPS) is 10.3. The summed E-state index contributed by atoms with van der Waals surface area (Å²) in [6.07, 6.45) is 5.89. The third kappa shape index (κ3) is 4.10. The SMILES string of the molecule is CSCCNCc1cnccc1N(C)C. The van der Waals surface area contributed by atoms with Gasteiger partial charge in [-0.3, -0.25) is 4.98 Å². The molecule has 0 saturated heterocycles. The second-order valence-corrected chi connectivity index (χ2v) is 4.55. The fourth-order valence-corrected chi connectivity index (χ4v) is 1.74. The first-order chi connectivity index (χ1) is 7.25. The highest BCUT2D eigenvalue weighted by molar-refractivity contribution is 7.98. The molecule has 4 heteroatoms. The van der Waals surface area contributed by atoms with E-state index in [4.69, 9.17) is 0 Å². The molecule has 1 aromatic heterocycles. The minimum Gasteiger partial charge on any atom is -0.377 e. The first-order valence-corrected chi connectivity index (χ1v) is 6.45. The highest BCUT2D eigenvalue weighted by Gasteiger charge is 2.02. The van der Waals surface area contributed by atoms with E-state index in [2.05, 4.69) is 35.6 Å². The summed E-state index contributed by atoms with van der Waals surface area (Å²) in [5.74, 6) is 1.15. The van der Waals surface area contributed by atoms with Crippen molar-refractivity contribution in [3.05, 3.63) is 24.0 Å². The molecule has 15 heavy (non-hydrogen) atoms. The number of rotatable bonds is 6. The first-order valence-electron chi connectivity index (χ1n) is 5.05. The second-order valence-electron chi connectivity index (χ2n) is 3.57. The molecule has 0 amide bonds. The molecular weight excluding hydrogens is 206 g/mol. The lowest BCUT2D eigenvalue weighted by molar-refractivity contribution is 0.728. The van der Waals surface area contributed by atoms with Crippen molar-refractivity contribution in [2.45, 2.75) is 6.54 Å². The average Bonchev–Trinajstić information content (AvgIpc) is 2.25. The van der Waals surface area contributed by atoms with E-state index in [1.165, 1.54) is 11.3 Å². The molecule has 3 nitrogen and oxygen atoms in total. The molecule has 1 rings (SSSR count). The van der Waals surface area contributed by atoms with Crippen LogP contribution in [0.15, 0.2) is 18.5 Å². The van der Waals surface area contributed by atoms with Crippen molar-refractivity contribution in [1.82, 2.24) is 10.3 Å². The zero-order valence-corrected chi connectivity index (χ0v) is 10.5. The Hall–Kier alpha value is -0.740. The van der Waals surface area contributed by atoms with Crippen LogP contribution in [0.3, 0.4) is 0 Å². The van der Waals surface area contributed by atoms with Crippen molar-refractivity contribution in [1.29, 1.82) is 0 Å². The van der Waals surface area contributed by atoms with Crippen LogP contribution < -0.4 is 10.2 Å². The number of aromatic nitrogens is 1. The van der Waals surface area contributed by atoms with Crippen LogP contribution in [-0.4, -0.2) is 37.6 Å². The van der Waals surface area contributed by atoms with Gasteiger partial charge in [0.1, 0.15) is 0 Å². The van der Waals surface area contributed by atoms with Gasteiger partial charge in [0.2, 0.25) is 0 Å². The minimum atomic E-state index is 0.891. The summed E-state index contributed by atoms with van der Waals surface area (Å²) in [5, 5.41) is 3.41. The molecule has 0 atom stereocenters. The molecule has 1 N–H and O–H groups in total. The molecule has 0 fully saturated rings. The van der Waals surface area contributed by atoms with Crippen molar-refractivity contribution in [3.63, 3.8) is 0 Å². The van der Waals surface area contributed by atoms with Crippen LogP contribution in [0.5, 0.6) is 0 Å². The maximum Gasteiger partial charge on any atom is 0.0437 e. The van der Waals surface area contributed by atoms with E-state index in [-0.39, 0.29) is 0 Å². The standard InChI is InChI=1S/C11H19N3S/c1-14(2)11-4-5-12-8-10(11)9-13-6-7-15-3/h4-5,8,13H,6-7,9H2,1-3H3. The number of nitrogens with one attached hydrogen (secondary N) is 1. The van der Waals surface area contributed by atoms with E-state index in [0.29, 0.717) is 0 Å². The largest absolute Gasteiger partial charge is 0.377 e. The predicted molar refractivity (Wildman–Crippen MR) is 68.7 cm³/mol. The Morgan fingerprint density at radius 3 is 2.93 bits per heavy atom. The van der Waals surface area contributed by atoms with Crippen LogP contribution in [0.2, 0.25) is 0 Å². The van der Waals surface area contributed by atoms with Crippen molar-refractivity contribution in [2.75, 3.05) is 37.5 Å². The second kappa shape index (κ2) is 6.69. The Morgan fingerprint density at radius 1 is 1.47 bits per heavy atom. The number of nitrogens with zero attached hydrogens (tertiary/aromatic N) is 2. The topological polar surface area (TPSA) is 28.2 Å². The monoisotopic (exact) mass is 225 g/mol. The van der Waals surface area contributed by atoms with Gasteiger partial charge in [-0.1, -0.05) is 0 Å². The van der Waals surface area contributed by atoms with Gasteiger partial charge in [0.05, 0.1) is 0 Å². The highest BCUT2D eigenvalue weighted by atomic mass is 32.2. The maximum absolute atomic E-state index is 4.15. The summed E-state index contributed by atoms with van der Waals surface area (Å²) in [5.41, 5.74) is 2.49. The van der Waals surface area contributed by atoms with Crippen LogP contribution >= 0.6 is 11.8 Å². The van der Waals surface area contributed by atoms with Gasteiger partial charge < -0.3 is 10.2 Å². The Kier molecular flexibility index (Phi) is 5.50. The number of anilines is 1. The van der Waals surface area contributed by atoms with Crippen LogP contribution in [0.1, 0.15) is 5.56 Å². The number of hydrogen-bond donors (Lipinski definition) is 1. The maximum atomic E-state index is 4.15. The van der Waals surface area contributed by atoms with E-state index < -0.39 is 0 Å². The summed E-state index contributed by atoms with van der Waals surface area (Å²) in [6.45, 7) is 1.94. The quantitative estimate of drug-likeness (QED) is 0.744. The molecule has 1 aromatic rings. The Labute approximate surface area is 96.3 Å².